The fourth-order valence-electron chi connectivity index (χ4n) is 2.06. The minimum absolute atomic E-state index is 0.215. The van der Waals surface area contributed by atoms with Crippen molar-refractivity contribution in [3.63, 3.8) is 0 Å². The second kappa shape index (κ2) is 11.0. The number of rotatable bonds is 7. The molecule has 7 nitrogen and oxygen atoms in total. The lowest BCUT2D eigenvalue weighted by atomic mass is 10.1. The highest BCUT2D eigenvalue weighted by Crippen LogP contribution is 2.25. The first kappa shape index (κ1) is 24.2. The van der Waals surface area contributed by atoms with Crippen LogP contribution in [0.5, 0.6) is 0 Å². The topological polar surface area (TPSA) is 107 Å². The van der Waals surface area contributed by atoms with E-state index >= 15 is 0 Å². The predicted octanol–water partition coefficient (Wildman–Crippen LogP) is 3.60. The molecule has 0 bridgehead atoms. The van der Waals surface area contributed by atoms with Gasteiger partial charge in [-0.1, -0.05) is 13.3 Å². The van der Waals surface area contributed by atoms with Gasteiger partial charge in [0.25, 0.3) is 0 Å². The summed E-state index contributed by atoms with van der Waals surface area (Å²) < 4.78 is 31.7. The second-order valence-corrected chi connectivity index (χ2v) is 5.45. The zero-order valence-electron chi connectivity index (χ0n) is 15.3. The van der Waals surface area contributed by atoms with Crippen LogP contribution in [0.25, 0.3) is 0 Å². The van der Waals surface area contributed by atoms with E-state index in [4.69, 9.17) is 9.90 Å². The van der Waals surface area contributed by atoms with Crippen molar-refractivity contribution in [1.29, 1.82) is 0 Å². The van der Waals surface area contributed by atoms with Crippen molar-refractivity contribution in [2.45, 2.75) is 39.8 Å². The molecule has 0 radical (unpaired) electrons. The highest BCUT2D eigenvalue weighted by Gasteiger charge is 2.38. The van der Waals surface area contributed by atoms with Crippen LogP contribution < -0.4 is 10.2 Å². The van der Waals surface area contributed by atoms with Gasteiger partial charge in [-0.3, -0.25) is 4.79 Å². The van der Waals surface area contributed by atoms with Gasteiger partial charge >= 0.3 is 18.1 Å². The molecule has 3 N–H and O–H groups in total. The molecule has 0 saturated heterocycles. The molecule has 27 heavy (non-hydrogen) atoms. The van der Waals surface area contributed by atoms with Gasteiger partial charge in [-0.05, 0) is 31.5 Å². The van der Waals surface area contributed by atoms with Gasteiger partial charge in [-0.25, -0.2) is 9.59 Å². The number of alkyl halides is 3. The highest BCUT2D eigenvalue weighted by molar-refractivity contribution is 5.97. The Morgan fingerprint density at radius 3 is 2.07 bits per heavy atom. The molecule has 1 rings (SSSR count). The third kappa shape index (κ3) is 8.93. The van der Waals surface area contributed by atoms with Crippen molar-refractivity contribution < 1.29 is 37.8 Å². The Morgan fingerprint density at radius 1 is 1.15 bits per heavy atom. The van der Waals surface area contributed by atoms with Gasteiger partial charge in [-0.2, -0.15) is 13.2 Å². The summed E-state index contributed by atoms with van der Waals surface area (Å²) in [7, 11) is 0. The molecule has 0 saturated carbocycles. The number of carbonyl (C=O) groups is 3. The number of benzene rings is 1. The minimum atomic E-state index is -5.08. The fourth-order valence-corrected chi connectivity index (χ4v) is 2.06. The Labute approximate surface area is 154 Å². The van der Waals surface area contributed by atoms with Crippen molar-refractivity contribution >= 4 is 29.2 Å². The second-order valence-electron chi connectivity index (χ2n) is 5.45. The number of carboxylic acid groups (broad SMARTS) is 2. The van der Waals surface area contributed by atoms with Gasteiger partial charge in [0, 0.05) is 25.7 Å². The molecule has 0 atom stereocenters. The lowest BCUT2D eigenvalue weighted by Crippen LogP contribution is -2.26. The molecule has 0 aliphatic rings. The molecule has 0 fully saturated rings. The average Bonchev–Trinajstić information content (AvgIpc) is 2.55. The Bertz CT molecular complexity index is 662. The number of anilines is 2. The number of aliphatic carboxylic acids is 1. The van der Waals surface area contributed by atoms with Gasteiger partial charge in [0.1, 0.15) is 0 Å². The Morgan fingerprint density at radius 2 is 1.70 bits per heavy atom. The van der Waals surface area contributed by atoms with Gasteiger partial charge in [0.2, 0.25) is 5.91 Å². The maximum atomic E-state index is 11.4. The minimum Gasteiger partial charge on any atom is -0.478 e. The maximum Gasteiger partial charge on any atom is 0.490 e. The summed E-state index contributed by atoms with van der Waals surface area (Å²) in [5, 5.41) is 19.1. The molecule has 1 amide bonds. The van der Waals surface area contributed by atoms with E-state index in [1.807, 2.05) is 11.8 Å². The Balaban J connectivity index is 0.000000821. The summed E-state index contributed by atoms with van der Waals surface area (Å²) in [6.07, 6.45) is -3.01. The number of hydrogen-bond acceptors (Lipinski definition) is 4. The van der Waals surface area contributed by atoms with Crippen LogP contribution in [0, 0.1) is 0 Å². The van der Waals surface area contributed by atoms with E-state index < -0.39 is 18.1 Å². The summed E-state index contributed by atoms with van der Waals surface area (Å²) >= 11 is 0. The van der Waals surface area contributed by atoms with Gasteiger partial charge in [0.15, 0.2) is 0 Å². The van der Waals surface area contributed by atoms with Crippen LogP contribution in [0.2, 0.25) is 0 Å². The van der Waals surface area contributed by atoms with Crippen molar-refractivity contribution in [3.8, 4) is 0 Å². The van der Waals surface area contributed by atoms with Crippen LogP contribution in [0.4, 0.5) is 24.5 Å². The first-order valence-electron chi connectivity index (χ1n) is 8.13. The van der Waals surface area contributed by atoms with E-state index in [9.17, 15) is 27.9 Å². The zero-order chi connectivity index (χ0) is 21.2. The van der Waals surface area contributed by atoms with E-state index in [1.165, 1.54) is 13.0 Å². The monoisotopic (exact) mass is 392 g/mol. The molecule has 0 spiro atoms. The number of nitrogens with one attached hydrogen (secondary N) is 1. The van der Waals surface area contributed by atoms with Gasteiger partial charge < -0.3 is 20.4 Å². The molecule has 0 aliphatic carbocycles. The van der Waals surface area contributed by atoms with Crippen molar-refractivity contribution in [2.24, 2.45) is 0 Å². The number of amides is 1. The van der Waals surface area contributed by atoms with Crippen LogP contribution >= 0.6 is 0 Å². The van der Waals surface area contributed by atoms with Gasteiger partial charge in [0.05, 0.1) is 11.3 Å². The zero-order valence-corrected chi connectivity index (χ0v) is 15.3. The van der Waals surface area contributed by atoms with Crippen molar-refractivity contribution in [1.82, 2.24) is 0 Å². The van der Waals surface area contributed by atoms with Gasteiger partial charge in [-0.15, -0.1) is 0 Å². The summed E-state index contributed by atoms with van der Waals surface area (Å²) in [6, 6.07) is 5.00. The quantitative estimate of drug-likeness (QED) is 0.655. The summed E-state index contributed by atoms with van der Waals surface area (Å²) in [6.45, 7) is 7.08. The molecule has 0 unspecified atom stereocenters. The predicted molar refractivity (Wildman–Crippen MR) is 94.2 cm³/mol. The molecule has 1 aromatic rings. The molecular formula is C17H23F3N2O5. The first-order valence-corrected chi connectivity index (χ1v) is 8.13. The molecule has 0 aromatic heterocycles. The number of aromatic carboxylic acids is 1. The van der Waals surface area contributed by atoms with Crippen LogP contribution in [-0.2, 0) is 9.59 Å². The standard InChI is InChI=1S/C15H22N2O3.C2HF3O2/c1-4-6-9-17(5-2)14-8-7-12(16-11(3)18)10-13(14)15(19)20;3-2(4,5)1(6)7/h7-8,10H,4-6,9H2,1-3H3,(H,16,18)(H,19,20);(H,6,7). The van der Waals surface area contributed by atoms with E-state index in [2.05, 4.69) is 12.2 Å². The fraction of sp³-hybridized carbons (Fsp3) is 0.471. The maximum absolute atomic E-state index is 11.4. The van der Waals surface area contributed by atoms with Crippen LogP contribution in [0.3, 0.4) is 0 Å². The number of nitrogens with zero attached hydrogens (tertiary/aromatic N) is 1. The van der Waals surface area contributed by atoms with E-state index in [-0.39, 0.29) is 11.5 Å². The Kier molecular flexibility index (Phi) is 9.91. The number of carbonyl (C=O) groups excluding carboxylic acids is 1. The summed E-state index contributed by atoms with van der Waals surface area (Å²) in [4.78, 5) is 33.4. The van der Waals surface area contributed by atoms with E-state index in [1.54, 1.807) is 12.1 Å². The molecule has 0 aliphatic heterocycles. The number of carboxylic acids is 2. The third-order valence-corrected chi connectivity index (χ3v) is 3.29. The van der Waals surface area contributed by atoms with Crippen molar-refractivity contribution in [3.05, 3.63) is 23.8 Å². The van der Waals surface area contributed by atoms with Crippen LogP contribution in [0.1, 0.15) is 44.0 Å². The Hall–Kier alpha value is -2.78. The average molecular weight is 392 g/mol. The number of unbranched alkanes of at least 4 members (excludes halogenated alkanes) is 1. The summed E-state index contributed by atoms with van der Waals surface area (Å²) in [5.41, 5.74) is 1.42. The largest absolute Gasteiger partial charge is 0.490 e. The lowest BCUT2D eigenvalue weighted by Gasteiger charge is -2.25. The van der Waals surface area contributed by atoms with Crippen LogP contribution in [0.15, 0.2) is 18.2 Å². The van der Waals surface area contributed by atoms with E-state index in [0.29, 0.717) is 11.4 Å². The normalized spacial score (nSPS) is 10.4. The lowest BCUT2D eigenvalue weighted by molar-refractivity contribution is -0.192. The smallest absolute Gasteiger partial charge is 0.478 e. The molecule has 152 valence electrons. The highest BCUT2D eigenvalue weighted by atomic mass is 19.4. The molecule has 10 heteroatoms. The van der Waals surface area contributed by atoms with E-state index in [0.717, 1.165) is 25.9 Å². The summed E-state index contributed by atoms with van der Waals surface area (Å²) in [5.74, 6) is -3.96. The number of halogens is 3. The third-order valence-electron chi connectivity index (χ3n) is 3.29. The SMILES string of the molecule is CCCCN(CC)c1ccc(NC(C)=O)cc1C(=O)O.O=C(O)C(F)(F)F. The molecule has 1 aromatic carbocycles. The van der Waals surface area contributed by atoms with Crippen molar-refractivity contribution in [2.75, 3.05) is 23.3 Å². The first-order chi connectivity index (χ1) is 12.4. The molecule has 0 heterocycles. The number of hydrogen-bond donors (Lipinski definition) is 3. The van der Waals surface area contributed by atoms with Crippen LogP contribution in [-0.4, -0.2) is 47.3 Å². The molecular weight excluding hydrogens is 369 g/mol.